The lowest BCUT2D eigenvalue weighted by Crippen LogP contribution is -2.22. The highest BCUT2D eigenvalue weighted by atomic mass is 16.4. The van der Waals surface area contributed by atoms with Gasteiger partial charge in [-0.1, -0.05) is 6.07 Å². The van der Waals surface area contributed by atoms with Crippen molar-refractivity contribution in [1.82, 2.24) is 0 Å². The Morgan fingerprint density at radius 3 is 1.62 bits per heavy atom. The van der Waals surface area contributed by atoms with Crippen LogP contribution in [0.3, 0.4) is 0 Å². The number of fused-ring (bicyclic) bond motifs is 7. The lowest BCUT2D eigenvalue weighted by Gasteiger charge is -2.03. The molecule has 0 bridgehead atoms. The van der Waals surface area contributed by atoms with Gasteiger partial charge < -0.3 is 8.83 Å². The highest BCUT2D eigenvalue weighted by molar-refractivity contribution is 6.26. The first-order valence-corrected chi connectivity index (χ1v) is 7.36. The summed E-state index contributed by atoms with van der Waals surface area (Å²) in [4.78, 5) is 72.1. The second-order valence-corrected chi connectivity index (χ2v) is 5.87. The summed E-state index contributed by atoms with van der Waals surface area (Å²) >= 11 is 0. The predicted octanol–water partition coefficient (Wildman–Crippen LogP) is -0.0400. The fourth-order valence-corrected chi connectivity index (χ4v) is 3.46. The van der Waals surface area contributed by atoms with Crippen molar-refractivity contribution in [2.24, 2.45) is 0 Å². The smallest absolute Gasteiger partial charge is 0.347 e. The average molecular weight is 348 g/mol. The summed E-state index contributed by atoms with van der Waals surface area (Å²) in [5.74, 6) is 0. The molecule has 0 spiro atoms. The quantitative estimate of drug-likeness (QED) is 0.282. The third-order valence-corrected chi connectivity index (χ3v) is 4.55. The summed E-state index contributed by atoms with van der Waals surface area (Å²) < 4.78 is 9.17. The Labute approximate surface area is 139 Å². The lowest BCUT2D eigenvalue weighted by atomic mass is 9.96. The molecule has 0 aliphatic heterocycles. The first-order valence-electron chi connectivity index (χ1n) is 7.36. The van der Waals surface area contributed by atoms with Crippen molar-refractivity contribution >= 4 is 43.1 Å². The Kier molecular flexibility index (Phi) is 2.42. The van der Waals surface area contributed by atoms with Gasteiger partial charge in [0.1, 0.15) is 0 Å². The van der Waals surface area contributed by atoms with Crippen LogP contribution < -0.4 is 33.4 Å². The predicted molar refractivity (Wildman–Crippen MR) is 92.2 cm³/mol. The minimum atomic E-state index is -1.07. The Balaban J connectivity index is 2.32. The summed E-state index contributed by atoms with van der Waals surface area (Å²) in [5.41, 5.74) is -5.61. The molecule has 0 aliphatic carbocycles. The standard InChI is InChI=1S/C18H4O8/c19-9-2-1-5-3-7-8(4-6(5)14(9)20)11-13(18(24)26-16(11)22)12-10(7)15(21)25-17(12)23/h1-4H. The summed E-state index contributed by atoms with van der Waals surface area (Å²) in [6.45, 7) is 0. The maximum absolute atomic E-state index is 12.1. The summed E-state index contributed by atoms with van der Waals surface area (Å²) in [5, 5.41) is -0.493. The first-order chi connectivity index (χ1) is 12.4. The van der Waals surface area contributed by atoms with E-state index in [4.69, 9.17) is 0 Å². The van der Waals surface area contributed by atoms with Crippen molar-refractivity contribution < 1.29 is 8.83 Å². The molecule has 124 valence electrons. The minimum Gasteiger partial charge on any atom is -0.386 e. The molecular formula is C18H4O8. The first kappa shape index (κ1) is 14.4. The third-order valence-electron chi connectivity index (χ3n) is 4.55. The normalized spacial score (nSPS) is 12.0. The van der Waals surface area contributed by atoms with Crippen LogP contribution in [0.1, 0.15) is 0 Å². The molecule has 0 saturated heterocycles. The van der Waals surface area contributed by atoms with Gasteiger partial charge in [0.25, 0.3) is 0 Å². The van der Waals surface area contributed by atoms with E-state index >= 15 is 0 Å². The molecule has 0 atom stereocenters. The zero-order valence-electron chi connectivity index (χ0n) is 12.6. The molecule has 0 aliphatic rings. The zero-order chi connectivity index (χ0) is 18.3. The van der Waals surface area contributed by atoms with Gasteiger partial charge in [0.2, 0.25) is 10.9 Å². The van der Waals surface area contributed by atoms with Crippen molar-refractivity contribution in [2.45, 2.75) is 0 Å². The summed E-state index contributed by atoms with van der Waals surface area (Å²) in [6.07, 6.45) is 0. The molecule has 5 rings (SSSR count). The van der Waals surface area contributed by atoms with Gasteiger partial charge in [0, 0.05) is 5.39 Å². The van der Waals surface area contributed by atoms with Crippen LogP contribution in [0.4, 0.5) is 0 Å². The largest absolute Gasteiger partial charge is 0.386 e. The van der Waals surface area contributed by atoms with Crippen molar-refractivity contribution in [1.29, 1.82) is 0 Å². The van der Waals surface area contributed by atoms with Gasteiger partial charge in [-0.3, -0.25) is 9.59 Å². The highest BCUT2D eigenvalue weighted by Crippen LogP contribution is 2.31. The number of rotatable bonds is 0. The molecule has 0 radical (unpaired) electrons. The number of hydrogen-bond donors (Lipinski definition) is 0. The molecular weight excluding hydrogens is 344 g/mol. The molecule has 8 heteroatoms. The molecule has 0 fully saturated rings. The monoisotopic (exact) mass is 348 g/mol. The fraction of sp³-hybridized carbons (Fsp3) is 0. The number of benzene rings is 3. The van der Waals surface area contributed by atoms with Crippen LogP contribution in [0.15, 0.2) is 61.9 Å². The zero-order valence-corrected chi connectivity index (χ0v) is 12.6. The SMILES string of the molecule is O=c1ccc2cc3c(cc2c1=O)c1c(=O)oc(=O)c1c1c(=O)oc(=O)c31. The van der Waals surface area contributed by atoms with E-state index in [1.54, 1.807) is 0 Å². The molecule has 0 saturated carbocycles. The third kappa shape index (κ3) is 1.53. The lowest BCUT2D eigenvalue weighted by molar-refractivity contribution is 0.497. The van der Waals surface area contributed by atoms with Gasteiger partial charge >= 0.3 is 22.5 Å². The van der Waals surface area contributed by atoms with Gasteiger partial charge in [-0.15, -0.1) is 0 Å². The van der Waals surface area contributed by atoms with Gasteiger partial charge in [-0.25, -0.2) is 19.2 Å². The number of furan rings is 2. The van der Waals surface area contributed by atoms with Crippen LogP contribution in [0.5, 0.6) is 0 Å². The van der Waals surface area contributed by atoms with Crippen molar-refractivity contribution in [2.75, 3.05) is 0 Å². The van der Waals surface area contributed by atoms with Crippen LogP contribution in [-0.2, 0) is 0 Å². The van der Waals surface area contributed by atoms with E-state index in [0.717, 1.165) is 6.07 Å². The highest BCUT2D eigenvalue weighted by Gasteiger charge is 2.24. The van der Waals surface area contributed by atoms with E-state index in [9.17, 15) is 28.8 Å². The topological polar surface area (TPSA) is 129 Å². The van der Waals surface area contributed by atoms with Crippen molar-refractivity contribution in [3.63, 3.8) is 0 Å². The molecule has 0 amide bonds. The van der Waals surface area contributed by atoms with Crippen LogP contribution in [0.25, 0.3) is 43.1 Å². The molecule has 8 nitrogen and oxygen atoms in total. The second kappa shape index (κ2) is 4.37. The number of hydrogen-bond acceptors (Lipinski definition) is 8. The van der Waals surface area contributed by atoms with E-state index in [1.807, 2.05) is 0 Å². The van der Waals surface area contributed by atoms with E-state index in [0.29, 0.717) is 5.39 Å². The molecule has 2 heterocycles. The van der Waals surface area contributed by atoms with E-state index in [1.165, 1.54) is 18.2 Å². The molecule has 26 heavy (non-hydrogen) atoms. The Morgan fingerprint density at radius 1 is 0.538 bits per heavy atom. The summed E-state index contributed by atoms with van der Waals surface area (Å²) in [7, 11) is 0. The van der Waals surface area contributed by atoms with Crippen LogP contribution >= 0.6 is 0 Å². The summed E-state index contributed by atoms with van der Waals surface area (Å²) in [6, 6.07) is 5.14. The van der Waals surface area contributed by atoms with Gasteiger partial charge in [0.05, 0.1) is 21.5 Å². The molecule has 2 aromatic heterocycles. The molecule has 0 N–H and O–H groups in total. The van der Waals surface area contributed by atoms with Crippen molar-refractivity contribution in [3.05, 3.63) is 86.4 Å². The Bertz CT molecular complexity index is 1740. The van der Waals surface area contributed by atoms with Gasteiger partial charge in [-0.05, 0) is 34.4 Å². The fourth-order valence-electron chi connectivity index (χ4n) is 3.46. The van der Waals surface area contributed by atoms with E-state index in [2.05, 4.69) is 8.83 Å². The average Bonchev–Trinajstić information content (AvgIpc) is 3.06. The minimum absolute atomic E-state index is 0.0250. The second-order valence-electron chi connectivity index (χ2n) is 5.87. The van der Waals surface area contributed by atoms with Crippen LogP contribution in [0.2, 0.25) is 0 Å². The molecule has 3 aromatic carbocycles. The van der Waals surface area contributed by atoms with Crippen LogP contribution in [-0.4, -0.2) is 0 Å². The Morgan fingerprint density at radius 2 is 1.04 bits per heavy atom. The maximum Gasteiger partial charge on any atom is 0.347 e. The van der Waals surface area contributed by atoms with Crippen LogP contribution in [0, 0.1) is 0 Å². The molecule has 5 aromatic rings. The van der Waals surface area contributed by atoms with E-state index in [-0.39, 0.29) is 37.7 Å². The van der Waals surface area contributed by atoms with Gasteiger partial charge in [0.15, 0.2) is 0 Å². The van der Waals surface area contributed by atoms with E-state index < -0.39 is 33.4 Å². The Hall–Kier alpha value is -3.94. The van der Waals surface area contributed by atoms with Crippen molar-refractivity contribution in [3.8, 4) is 0 Å². The van der Waals surface area contributed by atoms with Gasteiger partial charge in [-0.2, -0.15) is 0 Å². The maximum atomic E-state index is 12.1. The molecule has 0 unspecified atom stereocenters.